The van der Waals surface area contributed by atoms with E-state index >= 15 is 0 Å². The molecule has 2 N–H and O–H groups in total. The third-order valence-electron chi connectivity index (χ3n) is 4.06. The molecular formula is C16H27N3O2. The van der Waals surface area contributed by atoms with Crippen molar-refractivity contribution in [3.8, 4) is 0 Å². The van der Waals surface area contributed by atoms with Crippen LogP contribution in [0.4, 0.5) is 0 Å². The number of amides is 1. The molecule has 1 aromatic rings. The van der Waals surface area contributed by atoms with E-state index in [0.29, 0.717) is 18.2 Å². The van der Waals surface area contributed by atoms with Crippen LogP contribution in [0, 0.1) is 0 Å². The van der Waals surface area contributed by atoms with Crippen LogP contribution in [0.5, 0.6) is 0 Å². The highest BCUT2D eigenvalue weighted by Gasteiger charge is 2.35. The van der Waals surface area contributed by atoms with E-state index in [1.807, 2.05) is 10.7 Å². The Morgan fingerprint density at radius 1 is 1.48 bits per heavy atom. The topological polar surface area (TPSA) is 67.2 Å². The highest BCUT2D eigenvalue weighted by Crippen LogP contribution is 2.30. The summed E-state index contributed by atoms with van der Waals surface area (Å²) in [6.07, 6.45) is 2.56. The first-order valence-electron chi connectivity index (χ1n) is 7.73. The summed E-state index contributed by atoms with van der Waals surface area (Å²) in [7, 11) is 0. The second kappa shape index (κ2) is 5.44. The summed E-state index contributed by atoms with van der Waals surface area (Å²) in [5.41, 5.74) is 0.611. The maximum absolute atomic E-state index is 12.2. The minimum absolute atomic E-state index is 0.162. The molecule has 5 heteroatoms. The number of hydrogen-bond donors (Lipinski definition) is 2. The van der Waals surface area contributed by atoms with Gasteiger partial charge in [-0.3, -0.25) is 9.48 Å². The summed E-state index contributed by atoms with van der Waals surface area (Å²) in [5.74, 6) is 0.0920. The van der Waals surface area contributed by atoms with Crippen molar-refractivity contribution in [3.05, 3.63) is 17.5 Å². The van der Waals surface area contributed by atoms with Crippen molar-refractivity contribution >= 4 is 5.91 Å². The molecule has 1 aliphatic rings. The van der Waals surface area contributed by atoms with Gasteiger partial charge in [0.2, 0.25) is 0 Å². The largest absolute Gasteiger partial charge is 0.388 e. The summed E-state index contributed by atoms with van der Waals surface area (Å²) in [4.78, 5) is 12.2. The fourth-order valence-electron chi connectivity index (χ4n) is 2.55. The van der Waals surface area contributed by atoms with E-state index < -0.39 is 5.60 Å². The zero-order valence-corrected chi connectivity index (χ0v) is 13.7. The Labute approximate surface area is 126 Å². The summed E-state index contributed by atoms with van der Waals surface area (Å²) in [6, 6.07) is 1.86. The average Bonchev–Trinajstić information content (AvgIpc) is 2.78. The molecule has 5 nitrogen and oxygen atoms in total. The third-order valence-corrected chi connectivity index (χ3v) is 4.06. The van der Waals surface area contributed by atoms with Gasteiger partial charge in [-0.05, 0) is 52.0 Å². The van der Waals surface area contributed by atoms with Crippen LogP contribution in [0.1, 0.15) is 76.0 Å². The van der Waals surface area contributed by atoms with Crippen molar-refractivity contribution in [1.82, 2.24) is 15.1 Å². The van der Waals surface area contributed by atoms with Crippen LogP contribution in [0.3, 0.4) is 0 Å². The maximum atomic E-state index is 12.2. The lowest BCUT2D eigenvalue weighted by Crippen LogP contribution is -2.47. The molecule has 0 saturated heterocycles. The number of aromatic nitrogens is 2. The van der Waals surface area contributed by atoms with E-state index in [4.69, 9.17) is 0 Å². The minimum atomic E-state index is -0.705. The second-order valence-corrected chi connectivity index (χ2v) is 7.45. The minimum Gasteiger partial charge on any atom is -0.388 e. The van der Waals surface area contributed by atoms with Gasteiger partial charge in [-0.25, -0.2) is 0 Å². The van der Waals surface area contributed by atoms with E-state index in [1.54, 1.807) is 0 Å². The predicted octanol–water partition coefficient (Wildman–Crippen LogP) is 2.41. The summed E-state index contributed by atoms with van der Waals surface area (Å²) in [5, 5.41) is 17.3. The normalized spacial score (nSPS) is 17.7. The molecule has 0 unspecified atom stereocenters. The van der Waals surface area contributed by atoms with Crippen molar-refractivity contribution in [2.75, 3.05) is 6.54 Å². The van der Waals surface area contributed by atoms with Gasteiger partial charge in [-0.15, -0.1) is 0 Å². The molecule has 0 aliphatic heterocycles. The van der Waals surface area contributed by atoms with Crippen LogP contribution in [0.25, 0.3) is 0 Å². The Morgan fingerprint density at radius 3 is 2.48 bits per heavy atom. The Bertz CT molecular complexity index is 522. The van der Waals surface area contributed by atoms with Gasteiger partial charge in [0.05, 0.1) is 11.1 Å². The number of nitrogens with zero attached hydrogens (tertiary/aromatic N) is 2. The lowest BCUT2D eigenvalue weighted by Gasteiger charge is -2.36. The van der Waals surface area contributed by atoms with Crippen LogP contribution < -0.4 is 5.32 Å². The third kappa shape index (κ3) is 3.46. The van der Waals surface area contributed by atoms with E-state index in [2.05, 4.69) is 45.0 Å². The number of carbonyl (C=O) groups excluding carboxylic acids is 1. The van der Waals surface area contributed by atoms with Crippen molar-refractivity contribution in [2.24, 2.45) is 0 Å². The zero-order valence-electron chi connectivity index (χ0n) is 13.7. The van der Waals surface area contributed by atoms with Crippen LogP contribution in [0.15, 0.2) is 6.07 Å². The van der Waals surface area contributed by atoms with Crippen LogP contribution >= 0.6 is 0 Å². The molecule has 21 heavy (non-hydrogen) atoms. The molecule has 1 aliphatic carbocycles. The zero-order chi connectivity index (χ0) is 15.8. The van der Waals surface area contributed by atoms with E-state index in [1.165, 1.54) is 0 Å². The summed E-state index contributed by atoms with van der Waals surface area (Å²) >= 11 is 0. The van der Waals surface area contributed by atoms with Crippen molar-refractivity contribution in [3.63, 3.8) is 0 Å². The molecule has 1 amide bonds. The fraction of sp³-hybridized carbons (Fsp3) is 0.750. The van der Waals surface area contributed by atoms with Crippen LogP contribution in [-0.2, 0) is 5.54 Å². The predicted molar refractivity (Wildman–Crippen MR) is 82.4 cm³/mol. The van der Waals surface area contributed by atoms with Crippen LogP contribution in [-0.4, -0.2) is 32.9 Å². The number of hydrogen-bond acceptors (Lipinski definition) is 3. The van der Waals surface area contributed by atoms with Gasteiger partial charge < -0.3 is 10.4 Å². The molecule has 1 fully saturated rings. The summed E-state index contributed by atoms with van der Waals surface area (Å²) in [6.45, 7) is 10.7. The lowest BCUT2D eigenvalue weighted by atomic mass is 9.80. The molecule has 0 bridgehead atoms. The van der Waals surface area contributed by atoms with Gasteiger partial charge in [-0.2, -0.15) is 5.10 Å². The van der Waals surface area contributed by atoms with Crippen LogP contribution in [0.2, 0.25) is 0 Å². The Morgan fingerprint density at radius 2 is 2.10 bits per heavy atom. The molecule has 1 heterocycles. The van der Waals surface area contributed by atoms with E-state index in [-0.39, 0.29) is 11.4 Å². The van der Waals surface area contributed by atoms with Gasteiger partial charge in [0.1, 0.15) is 5.69 Å². The average molecular weight is 293 g/mol. The SMILES string of the molecule is CC(C)c1cc(C(=O)NCC2(O)CCC2)nn1C(C)(C)C. The van der Waals surface area contributed by atoms with Crippen molar-refractivity contribution in [1.29, 1.82) is 0 Å². The van der Waals surface area contributed by atoms with Crippen molar-refractivity contribution < 1.29 is 9.90 Å². The molecular weight excluding hydrogens is 266 g/mol. The molecule has 0 atom stereocenters. The van der Waals surface area contributed by atoms with E-state index in [0.717, 1.165) is 25.0 Å². The number of rotatable bonds is 4. The molecule has 0 spiro atoms. The standard InChI is InChI=1S/C16H27N3O2/c1-11(2)13-9-12(18-19(13)15(3,4)5)14(20)17-10-16(21)7-6-8-16/h9,11,21H,6-8,10H2,1-5H3,(H,17,20). The van der Waals surface area contributed by atoms with Gasteiger partial charge >= 0.3 is 0 Å². The monoisotopic (exact) mass is 293 g/mol. The molecule has 1 saturated carbocycles. The van der Waals surface area contributed by atoms with Gasteiger partial charge in [0.15, 0.2) is 0 Å². The lowest BCUT2D eigenvalue weighted by molar-refractivity contribution is -0.0300. The number of aliphatic hydroxyl groups is 1. The molecule has 0 aromatic carbocycles. The quantitative estimate of drug-likeness (QED) is 0.896. The van der Waals surface area contributed by atoms with Gasteiger partial charge in [-0.1, -0.05) is 13.8 Å². The smallest absolute Gasteiger partial charge is 0.271 e. The molecule has 1 aromatic heterocycles. The fourth-order valence-corrected chi connectivity index (χ4v) is 2.55. The van der Waals surface area contributed by atoms with Gasteiger partial charge in [0, 0.05) is 12.2 Å². The second-order valence-electron chi connectivity index (χ2n) is 7.45. The van der Waals surface area contributed by atoms with Gasteiger partial charge in [0.25, 0.3) is 5.91 Å². The molecule has 0 radical (unpaired) electrons. The molecule has 118 valence electrons. The molecule has 2 rings (SSSR count). The Hall–Kier alpha value is -1.36. The first-order chi connectivity index (χ1) is 9.62. The first-order valence-corrected chi connectivity index (χ1v) is 7.73. The summed E-state index contributed by atoms with van der Waals surface area (Å²) < 4.78 is 1.92. The first kappa shape index (κ1) is 16.0. The Kier molecular flexibility index (Phi) is 4.15. The number of carbonyl (C=O) groups is 1. The maximum Gasteiger partial charge on any atom is 0.271 e. The van der Waals surface area contributed by atoms with E-state index in [9.17, 15) is 9.90 Å². The Balaban J connectivity index is 2.14. The van der Waals surface area contributed by atoms with Crippen molar-refractivity contribution in [2.45, 2.75) is 70.9 Å². The number of nitrogens with one attached hydrogen (secondary N) is 1. The highest BCUT2D eigenvalue weighted by molar-refractivity contribution is 5.92. The highest BCUT2D eigenvalue weighted by atomic mass is 16.3.